The van der Waals surface area contributed by atoms with E-state index in [1.54, 1.807) is 35.5 Å². The number of hydrogen-bond donors (Lipinski definition) is 1. The lowest BCUT2D eigenvalue weighted by atomic mass is 10.2. The molecule has 0 aliphatic carbocycles. The van der Waals surface area contributed by atoms with E-state index in [1.807, 2.05) is 0 Å². The molecule has 0 saturated carbocycles. The summed E-state index contributed by atoms with van der Waals surface area (Å²) in [6.45, 7) is 3.38. The Kier molecular flexibility index (Phi) is 5.15. The van der Waals surface area contributed by atoms with Gasteiger partial charge < -0.3 is 9.84 Å². The van der Waals surface area contributed by atoms with E-state index >= 15 is 0 Å². The molecule has 0 radical (unpaired) electrons. The molecular weight excluding hydrogens is 328 g/mol. The summed E-state index contributed by atoms with van der Waals surface area (Å²) >= 11 is 0. The minimum atomic E-state index is -3.40. The second-order valence-corrected chi connectivity index (χ2v) is 7.87. The van der Waals surface area contributed by atoms with Crippen molar-refractivity contribution in [2.75, 3.05) is 18.4 Å². The van der Waals surface area contributed by atoms with Crippen molar-refractivity contribution in [2.24, 2.45) is 0 Å². The van der Waals surface area contributed by atoms with E-state index in [4.69, 9.17) is 4.52 Å². The van der Waals surface area contributed by atoms with Crippen molar-refractivity contribution in [1.29, 1.82) is 0 Å². The van der Waals surface area contributed by atoms with Gasteiger partial charge in [0.15, 0.2) is 5.82 Å². The summed E-state index contributed by atoms with van der Waals surface area (Å²) in [5, 5.41) is 6.86. The van der Waals surface area contributed by atoms with E-state index in [9.17, 15) is 8.42 Å². The molecule has 1 N–H and O–H groups in total. The second kappa shape index (κ2) is 7.31. The molecule has 24 heavy (non-hydrogen) atoms. The Morgan fingerprint density at radius 2 is 1.79 bits per heavy atom. The van der Waals surface area contributed by atoms with E-state index in [1.165, 1.54) is 0 Å². The molecule has 2 aromatic rings. The number of sulfonamides is 1. The highest BCUT2D eigenvalue weighted by Gasteiger charge is 2.24. The van der Waals surface area contributed by atoms with Crippen LogP contribution in [0.5, 0.6) is 0 Å². The number of aromatic nitrogens is 2. The van der Waals surface area contributed by atoms with Crippen LogP contribution >= 0.6 is 0 Å². The molecule has 7 nitrogen and oxygen atoms in total. The van der Waals surface area contributed by atoms with Crippen molar-refractivity contribution < 1.29 is 12.9 Å². The molecule has 0 unspecified atom stereocenters. The number of benzene rings is 1. The van der Waals surface area contributed by atoms with Crippen molar-refractivity contribution in [1.82, 2.24) is 14.4 Å². The minimum absolute atomic E-state index is 0.337. The van der Waals surface area contributed by atoms with Crippen LogP contribution in [0.2, 0.25) is 0 Å². The Labute approximate surface area is 142 Å². The molecule has 1 fully saturated rings. The van der Waals surface area contributed by atoms with Gasteiger partial charge in [-0.15, -0.1) is 0 Å². The standard InChI is InChI=1S/C16H22N4O3S/c1-13-18-16(23-19-13)12-17-14-6-8-15(9-7-14)24(21,22)20-10-4-2-3-5-11-20/h6-9,17H,2-5,10-12H2,1H3. The number of nitrogens with zero attached hydrogens (tertiary/aromatic N) is 3. The maximum atomic E-state index is 12.7. The van der Waals surface area contributed by atoms with E-state index in [0.29, 0.717) is 36.2 Å². The smallest absolute Gasteiger partial charge is 0.245 e. The molecule has 130 valence electrons. The average Bonchev–Trinajstić information content (AvgIpc) is 2.83. The van der Waals surface area contributed by atoms with Gasteiger partial charge in [-0.1, -0.05) is 18.0 Å². The van der Waals surface area contributed by atoms with Crippen LogP contribution in [0.15, 0.2) is 33.7 Å². The van der Waals surface area contributed by atoms with Gasteiger partial charge in [-0.3, -0.25) is 0 Å². The summed E-state index contributed by atoms with van der Waals surface area (Å²) in [6, 6.07) is 6.80. The van der Waals surface area contributed by atoms with Crippen LogP contribution < -0.4 is 5.32 Å². The first kappa shape index (κ1) is 16.9. The SMILES string of the molecule is Cc1noc(CNc2ccc(S(=O)(=O)N3CCCCCC3)cc2)n1. The Morgan fingerprint density at radius 3 is 2.38 bits per heavy atom. The van der Waals surface area contributed by atoms with E-state index in [0.717, 1.165) is 31.4 Å². The largest absolute Gasteiger partial charge is 0.376 e. The van der Waals surface area contributed by atoms with Crippen LogP contribution in [0, 0.1) is 6.92 Å². The lowest BCUT2D eigenvalue weighted by Crippen LogP contribution is -2.31. The van der Waals surface area contributed by atoms with Gasteiger partial charge in [0, 0.05) is 18.8 Å². The van der Waals surface area contributed by atoms with Crippen LogP contribution in [0.4, 0.5) is 5.69 Å². The van der Waals surface area contributed by atoms with E-state index in [2.05, 4.69) is 15.5 Å². The average molecular weight is 350 g/mol. The van der Waals surface area contributed by atoms with Gasteiger partial charge in [0.1, 0.15) is 0 Å². The van der Waals surface area contributed by atoms with Crippen molar-refractivity contribution in [2.45, 2.75) is 44.0 Å². The molecule has 1 aromatic heterocycles. The highest BCUT2D eigenvalue weighted by atomic mass is 32.2. The summed E-state index contributed by atoms with van der Waals surface area (Å²) in [5.74, 6) is 1.08. The predicted molar refractivity (Wildman–Crippen MR) is 90.0 cm³/mol. The van der Waals surface area contributed by atoms with Gasteiger partial charge in [0.2, 0.25) is 15.9 Å². The second-order valence-electron chi connectivity index (χ2n) is 5.93. The summed E-state index contributed by atoms with van der Waals surface area (Å²) in [5.41, 5.74) is 0.806. The van der Waals surface area contributed by atoms with Crippen LogP contribution in [0.25, 0.3) is 0 Å². The van der Waals surface area contributed by atoms with E-state index < -0.39 is 10.0 Å². The van der Waals surface area contributed by atoms with Crippen molar-refractivity contribution >= 4 is 15.7 Å². The molecule has 1 aromatic carbocycles. The van der Waals surface area contributed by atoms with E-state index in [-0.39, 0.29) is 0 Å². The fraction of sp³-hybridized carbons (Fsp3) is 0.500. The predicted octanol–water partition coefficient (Wildman–Crippen LogP) is 2.55. The Morgan fingerprint density at radius 1 is 1.12 bits per heavy atom. The Hall–Kier alpha value is -1.93. The molecular formula is C16H22N4O3S. The van der Waals surface area contributed by atoms with Crippen LogP contribution in [-0.4, -0.2) is 36.0 Å². The number of aryl methyl sites for hydroxylation is 1. The summed E-state index contributed by atoms with van der Waals surface area (Å²) in [7, 11) is -3.40. The molecule has 1 saturated heterocycles. The van der Waals surface area contributed by atoms with Crippen molar-refractivity contribution in [3.8, 4) is 0 Å². The molecule has 0 atom stereocenters. The maximum absolute atomic E-state index is 12.7. The highest BCUT2D eigenvalue weighted by Crippen LogP contribution is 2.22. The zero-order valence-electron chi connectivity index (χ0n) is 13.7. The fourth-order valence-electron chi connectivity index (χ4n) is 2.77. The van der Waals surface area contributed by atoms with Crippen LogP contribution in [-0.2, 0) is 16.6 Å². The fourth-order valence-corrected chi connectivity index (χ4v) is 4.28. The van der Waals surface area contributed by atoms with Crippen molar-refractivity contribution in [3.63, 3.8) is 0 Å². The quantitative estimate of drug-likeness (QED) is 0.891. The first-order valence-corrected chi connectivity index (χ1v) is 9.63. The third-order valence-electron chi connectivity index (χ3n) is 4.07. The molecule has 0 bridgehead atoms. The normalized spacial score (nSPS) is 16.7. The number of nitrogens with one attached hydrogen (secondary N) is 1. The number of rotatable bonds is 5. The lowest BCUT2D eigenvalue weighted by molar-refractivity contribution is 0.379. The molecule has 3 rings (SSSR count). The van der Waals surface area contributed by atoms with Crippen LogP contribution in [0.1, 0.15) is 37.4 Å². The number of anilines is 1. The topological polar surface area (TPSA) is 88.3 Å². The molecule has 2 heterocycles. The third-order valence-corrected chi connectivity index (χ3v) is 5.98. The summed E-state index contributed by atoms with van der Waals surface area (Å²) in [4.78, 5) is 4.45. The van der Waals surface area contributed by atoms with Gasteiger partial charge in [0.05, 0.1) is 11.4 Å². The molecule has 0 spiro atoms. The molecule has 1 aliphatic heterocycles. The third kappa shape index (κ3) is 3.93. The minimum Gasteiger partial charge on any atom is -0.376 e. The first-order chi connectivity index (χ1) is 11.6. The van der Waals surface area contributed by atoms with Crippen molar-refractivity contribution in [3.05, 3.63) is 36.0 Å². The zero-order valence-corrected chi connectivity index (χ0v) is 14.6. The molecule has 1 aliphatic rings. The lowest BCUT2D eigenvalue weighted by Gasteiger charge is -2.20. The van der Waals surface area contributed by atoms with Gasteiger partial charge in [-0.25, -0.2) is 8.42 Å². The maximum Gasteiger partial charge on any atom is 0.245 e. The monoisotopic (exact) mass is 350 g/mol. The van der Waals surface area contributed by atoms with Gasteiger partial charge in [-0.2, -0.15) is 9.29 Å². The summed E-state index contributed by atoms with van der Waals surface area (Å²) in [6.07, 6.45) is 4.07. The zero-order chi connectivity index (χ0) is 17.0. The van der Waals surface area contributed by atoms with Crippen LogP contribution in [0.3, 0.4) is 0 Å². The van der Waals surface area contributed by atoms with Gasteiger partial charge in [-0.05, 0) is 44.0 Å². The molecule has 8 heteroatoms. The van der Waals surface area contributed by atoms with Gasteiger partial charge >= 0.3 is 0 Å². The highest BCUT2D eigenvalue weighted by molar-refractivity contribution is 7.89. The number of hydrogen-bond acceptors (Lipinski definition) is 6. The Balaban J connectivity index is 1.66. The summed E-state index contributed by atoms with van der Waals surface area (Å²) < 4.78 is 32.0. The van der Waals surface area contributed by atoms with Gasteiger partial charge in [0.25, 0.3) is 0 Å². The first-order valence-electron chi connectivity index (χ1n) is 8.19. The Bertz CT molecular complexity index is 763. The molecule has 0 amide bonds.